The Balaban J connectivity index is 1.41. The highest BCUT2D eigenvalue weighted by Gasteiger charge is 2.32. The number of carbonyl (C=O) groups is 2. The molecule has 1 aromatic heterocycles. The Labute approximate surface area is 206 Å². The average molecular weight is 500 g/mol. The van der Waals surface area contributed by atoms with E-state index in [1.54, 1.807) is 0 Å². The van der Waals surface area contributed by atoms with Gasteiger partial charge in [-0.05, 0) is 41.7 Å². The van der Waals surface area contributed by atoms with Crippen LogP contribution in [-0.4, -0.2) is 40.3 Å². The summed E-state index contributed by atoms with van der Waals surface area (Å²) >= 11 is 7.48. The smallest absolute Gasteiger partial charge is 0.332 e. The zero-order valence-corrected chi connectivity index (χ0v) is 19.9. The van der Waals surface area contributed by atoms with E-state index in [2.05, 4.69) is 16.2 Å². The Hall–Kier alpha value is -2.75. The summed E-state index contributed by atoms with van der Waals surface area (Å²) in [5, 5.41) is 22.1. The van der Waals surface area contributed by atoms with Crippen molar-refractivity contribution in [3.8, 4) is 11.1 Å². The molecule has 2 unspecified atom stereocenters. The Morgan fingerprint density at radius 2 is 1.74 bits per heavy atom. The molecule has 1 aliphatic rings. The van der Waals surface area contributed by atoms with Crippen molar-refractivity contribution < 1.29 is 19.8 Å². The van der Waals surface area contributed by atoms with Gasteiger partial charge in [0.25, 0.3) is 0 Å². The molecule has 178 valence electrons. The lowest BCUT2D eigenvalue weighted by Gasteiger charge is -2.22. The summed E-state index contributed by atoms with van der Waals surface area (Å²) in [6.45, 7) is 0. The number of hydrogen-bond acceptors (Lipinski definition) is 6. The molecule has 4 rings (SSSR count). The molecule has 1 fully saturated rings. The molecule has 0 radical (unpaired) electrons. The summed E-state index contributed by atoms with van der Waals surface area (Å²) in [6, 6.07) is 20.6. The van der Waals surface area contributed by atoms with Gasteiger partial charge in [-0.1, -0.05) is 66.2 Å². The number of carboxylic acids is 1. The van der Waals surface area contributed by atoms with Crippen LogP contribution >= 0.6 is 22.9 Å². The van der Waals surface area contributed by atoms with Gasteiger partial charge in [-0.25, -0.2) is 15.6 Å². The van der Waals surface area contributed by atoms with Crippen LogP contribution in [0.4, 0.5) is 0 Å². The number of carboxylic acid groups (broad SMARTS) is 1. The van der Waals surface area contributed by atoms with Gasteiger partial charge in [-0.3, -0.25) is 4.79 Å². The Kier molecular flexibility index (Phi) is 7.97. The zero-order chi connectivity index (χ0) is 24.1. The first kappa shape index (κ1) is 24.4. The fraction of sp³-hybridized carbons (Fsp3) is 0.280. The number of aliphatic hydroxyl groups excluding tert-OH is 1. The van der Waals surface area contributed by atoms with Gasteiger partial charge < -0.3 is 15.5 Å². The number of hydrogen-bond donors (Lipinski definition) is 5. The van der Waals surface area contributed by atoms with Crippen LogP contribution < -0.4 is 16.2 Å². The summed E-state index contributed by atoms with van der Waals surface area (Å²) in [4.78, 5) is 25.2. The molecule has 1 amide bonds. The molecule has 1 aliphatic heterocycles. The molecule has 5 N–H and O–H groups in total. The third-order valence-electron chi connectivity index (χ3n) is 5.84. The minimum atomic E-state index is -1.57. The van der Waals surface area contributed by atoms with Crippen LogP contribution in [-0.2, 0) is 16.0 Å². The van der Waals surface area contributed by atoms with Crippen LogP contribution in [0.2, 0.25) is 4.34 Å². The van der Waals surface area contributed by atoms with Gasteiger partial charge in [0.05, 0.1) is 10.4 Å². The lowest BCUT2D eigenvalue weighted by molar-refractivity contribution is -0.147. The molecule has 4 atom stereocenters. The summed E-state index contributed by atoms with van der Waals surface area (Å²) in [7, 11) is 0. The third-order valence-corrected chi connectivity index (χ3v) is 7.18. The van der Waals surface area contributed by atoms with E-state index in [1.807, 2.05) is 66.7 Å². The number of aliphatic carboxylic acids is 1. The number of nitrogens with one attached hydrogen (secondary N) is 3. The first-order chi connectivity index (χ1) is 16.4. The number of hydrazine groups is 1. The second-order valence-corrected chi connectivity index (χ2v) is 10.1. The highest BCUT2D eigenvalue weighted by molar-refractivity contribution is 7.16. The van der Waals surface area contributed by atoms with Gasteiger partial charge in [0.2, 0.25) is 5.91 Å². The van der Waals surface area contributed by atoms with Gasteiger partial charge in [-0.15, -0.1) is 11.3 Å². The lowest BCUT2D eigenvalue weighted by Crippen LogP contribution is -2.48. The Morgan fingerprint density at radius 1 is 1.03 bits per heavy atom. The van der Waals surface area contributed by atoms with E-state index < -0.39 is 24.2 Å². The normalized spacial score (nSPS) is 19.5. The van der Waals surface area contributed by atoms with Crippen molar-refractivity contribution in [2.24, 2.45) is 0 Å². The number of rotatable bonds is 9. The van der Waals surface area contributed by atoms with Gasteiger partial charge in [0.1, 0.15) is 6.04 Å². The van der Waals surface area contributed by atoms with E-state index in [9.17, 15) is 19.8 Å². The van der Waals surface area contributed by atoms with Crippen molar-refractivity contribution in [3.63, 3.8) is 0 Å². The zero-order valence-electron chi connectivity index (χ0n) is 18.3. The molecule has 0 spiro atoms. The molecule has 0 saturated carbocycles. The van der Waals surface area contributed by atoms with Crippen LogP contribution in [0.1, 0.15) is 29.3 Å². The molecule has 0 aliphatic carbocycles. The molecule has 2 aromatic carbocycles. The van der Waals surface area contributed by atoms with Crippen molar-refractivity contribution in [2.45, 2.75) is 43.5 Å². The van der Waals surface area contributed by atoms with E-state index in [0.29, 0.717) is 17.2 Å². The molecule has 34 heavy (non-hydrogen) atoms. The van der Waals surface area contributed by atoms with Gasteiger partial charge >= 0.3 is 5.97 Å². The van der Waals surface area contributed by atoms with Crippen LogP contribution in [0, 0.1) is 0 Å². The maximum Gasteiger partial charge on any atom is 0.332 e. The fourth-order valence-electron chi connectivity index (χ4n) is 4.04. The Bertz CT molecular complexity index is 1120. The number of aliphatic hydroxyl groups is 1. The molecule has 2 heterocycles. The molecule has 1 saturated heterocycles. The first-order valence-electron chi connectivity index (χ1n) is 11.0. The Morgan fingerprint density at radius 3 is 2.38 bits per heavy atom. The van der Waals surface area contributed by atoms with Crippen LogP contribution in [0.5, 0.6) is 0 Å². The summed E-state index contributed by atoms with van der Waals surface area (Å²) in [5.41, 5.74) is 9.23. The van der Waals surface area contributed by atoms with Crippen molar-refractivity contribution in [3.05, 3.63) is 81.5 Å². The third kappa shape index (κ3) is 6.22. The molecule has 7 nitrogen and oxygen atoms in total. The fourth-order valence-corrected chi connectivity index (χ4v) is 5.17. The predicted octanol–water partition coefficient (Wildman–Crippen LogP) is 3.54. The topological polar surface area (TPSA) is 111 Å². The number of benzene rings is 2. The SMILES string of the molecule is O=C(N[C@H](Cc1ccc(-c2ccccc2)cc1)C[C@@H](O)C(=O)O)C1CC(c2ccc(Cl)s2)NN1. The minimum Gasteiger partial charge on any atom is -0.479 e. The van der Waals surface area contributed by atoms with Crippen LogP contribution in [0.25, 0.3) is 11.1 Å². The second kappa shape index (κ2) is 11.1. The molecule has 9 heteroatoms. The van der Waals surface area contributed by atoms with Crippen molar-refractivity contribution in [1.82, 2.24) is 16.2 Å². The van der Waals surface area contributed by atoms with Crippen molar-refractivity contribution in [1.29, 1.82) is 0 Å². The van der Waals surface area contributed by atoms with E-state index in [-0.39, 0.29) is 18.4 Å². The maximum absolute atomic E-state index is 13.0. The van der Waals surface area contributed by atoms with E-state index in [0.717, 1.165) is 21.6 Å². The number of halogens is 1. The maximum atomic E-state index is 13.0. The van der Waals surface area contributed by atoms with Crippen LogP contribution in [0.3, 0.4) is 0 Å². The number of thiophene rings is 1. The molecule has 0 bridgehead atoms. The van der Waals surface area contributed by atoms with Gasteiger partial charge in [-0.2, -0.15) is 0 Å². The summed E-state index contributed by atoms with van der Waals surface area (Å²) in [6.07, 6.45) is -0.728. The summed E-state index contributed by atoms with van der Waals surface area (Å²) in [5.74, 6) is -1.56. The van der Waals surface area contributed by atoms with Crippen molar-refractivity contribution >= 4 is 34.8 Å². The average Bonchev–Trinajstić information content (AvgIpc) is 3.49. The number of amides is 1. The van der Waals surface area contributed by atoms with Gasteiger partial charge in [0.15, 0.2) is 6.10 Å². The lowest BCUT2D eigenvalue weighted by atomic mass is 9.97. The van der Waals surface area contributed by atoms with E-state index in [4.69, 9.17) is 11.6 Å². The molecule has 3 aromatic rings. The van der Waals surface area contributed by atoms with E-state index in [1.165, 1.54) is 11.3 Å². The summed E-state index contributed by atoms with van der Waals surface area (Å²) < 4.78 is 0.686. The predicted molar refractivity (Wildman–Crippen MR) is 133 cm³/mol. The number of carbonyl (C=O) groups excluding carboxylic acids is 1. The quantitative estimate of drug-likeness (QED) is 0.308. The first-order valence-corrected chi connectivity index (χ1v) is 12.2. The molecular weight excluding hydrogens is 474 g/mol. The highest BCUT2D eigenvalue weighted by Crippen LogP contribution is 2.31. The second-order valence-electron chi connectivity index (χ2n) is 8.33. The standard InChI is InChI=1S/C25H26ClN3O4S/c26-23-11-10-22(34-23)19-14-20(29-28-19)24(31)27-18(13-21(30)25(32)33)12-15-6-8-17(9-7-15)16-4-2-1-3-5-16/h1-11,18-21,28-30H,12-14H2,(H,27,31)(H,32,33)/t18-,19?,20?,21-/m1/s1. The minimum absolute atomic E-state index is 0.0400. The van der Waals surface area contributed by atoms with Gasteiger partial charge in [0, 0.05) is 17.3 Å². The van der Waals surface area contributed by atoms with Crippen molar-refractivity contribution in [2.75, 3.05) is 0 Å². The monoisotopic (exact) mass is 499 g/mol. The highest BCUT2D eigenvalue weighted by atomic mass is 35.5. The molecular formula is C25H26ClN3O4S. The van der Waals surface area contributed by atoms with E-state index >= 15 is 0 Å². The van der Waals surface area contributed by atoms with Crippen LogP contribution in [0.15, 0.2) is 66.7 Å². The largest absolute Gasteiger partial charge is 0.479 e.